The van der Waals surface area contributed by atoms with E-state index >= 15 is 0 Å². The quantitative estimate of drug-likeness (QED) is 0.607. The van der Waals surface area contributed by atoms with Crippen molar-refractivity contribution in [1.82, 2.24) is 0 Å². The molecule has 1 N–H and O–H groups in total. The Morgan fingerprint density at radius 1 is 1.23 bits per heavy atom. The van der Waals surface area contributed by atoms with E-state index in [9.17, 15) is 5.11 Å². The molecule has 0 radical (unpaired) electrons. The van der Waals surface area contributed by atoms with Gasteiger partial charge in [0.25, 0.3) is 0 Å². The van der Waals surface area contributed by atoms with Crippen LogP contribution in [0.1, 0.15) is 39.5 Å². The zero-order valence-corrected chi connectivity index (χ0v) is 8.66. The smallest absolute Gasteiger partial charge is 0.0602 e. The summed E-state index contributed by atoms with van der Waals surface area (Å²) in [5.74, 6) is 3.46. The highest BCUT2D eigenvalue weighted by molar-refractivity contribution is 5.13. The molecule has 2 bridgehead atoms. The van der Waals surface area contributed by atoms with Gasteiger partial charge in [-0.15, -0.1) is 0 Å². The molecule has 6 atom stereocenters. The van der Waals surface area contributed by atoms with Crippen LogP contribution >= 0.6 is 0 Å². The molecular weight excluding hydrogens is 160 g/mol. The predicted molar refractivity (Wildman–Crippen MR) is 52.2 cm³/mol. The van der Waals surface area contributed by atoms with Gasteiger partial charge in [0.1, 0.15) is 0 Å². The molecule has 3 rings (SSSR count). The van der Waals surface area contributed by atoms with E-state index in [0.29, 0.717) is 0 Å². The van der Waals surface area contributed by atoms with Crippen LogP contribution in [-0.2, 0) is 0 Å². The van der Waals surface area contributed by atoms with Crippen molar-refractivity contribution in [2.45, 2.75) is 45.6 Å². The summed E-state index contributed by atoms with van der Waals surface area (Å²) in [6.07, 6.45) is 5.35. The molecule has 1 nitrogen and oxygen atoms in total. The largest absolute Gasteiger partial charge is 0.393 e. The summed E-state index contributed by atoms with van der Waals surface area (Å²) in [5, 5.41) is 10.1. The molecular formula is C12H20O. The van der Waals surface area contributed by atoms with Crippen LogP contribution in [-0.4, -0.2) is 11.2 Å². The van der Waals surface area contributed by atoms with Crippen LogP contribution in [0.4, 0.5) is 0 Å². The van der Waals surface area contributed by atoms with Crippen molar-refractivity contribution < 1.29 is 5.11 Å². The molecule has 13 heavy (non-hydrogen) atoms. The van der Waals surface area contributed by atoms with E-state index in [1.165, 1.54) is 19.3 Å². The van der Waals surface area contributed by atoms with Gasteiger partial charge in [0.15, 0.2) is 0 Å². The van der Waals surface area contributed by atoms with Gasteiger partial charge in [0, 0.05) is 0 Å². The van der Waals surface area contributed by atoms with E-state index in [2.05, 4.69) is 13.8 Å². The molecule has 3 fully saturated rings. The van der Waals surface area contributed by atoms with E-state index in [1.54, 1.807) is 0 Å². The fourth-order valence-electron chi connectivity index (χ4n) is 4.88. The minimum absolute atomic E-state index is 0.00634. The normalized spacial score (nSPS) is 64.4. The maximum Gasteiger partial charge on any atom is 0.0602 e. The molecule has 74 valence electrons. The number of aliphatic hydroxyl groups excluding tert-OH is 1. The van der Waals surface area contributed by atoms with E-state index < -0.39 is 0 Å². The third kappa shape index (κ3) is 0.743. The first kappa shape index (κ1) is 8.28. The van der Waals surface area contributed by atoms with Crippen LogP contribution in [0, 0.1) is 29.1 Å². The molecule has 3 aliphatic rings. The van der Waals surface area contributed by atoms with Crippen LogP contribution in [0.25, 0.3) is 0 Å². The molecule has 6 unspecified atom stereocenters. The Labute approximate surface area is 80.5 Å². The van der Waals surface area contributed by atoms with Crippen molar-refractivity contribution in [3.8, 4) is 0 Å². The van der Waals surface area contributed by atoms with Gasteiger partial charge in [0.2, 0.25) is 0 Å². The fraction of sp³-hybridized carbons (Fsp3) is 1.00. The zero-order chi connectivity index (χ0) is 9.22. The van der Waals surface area contributed by atoms with E-state index in [1.807, 2.05) is 0 Å². The summed E-state index contributed by atoms with van der Waals surface area (Å²) in [6.45, 7) is 4.72. The fourth-order valence-corrected chi connectivity index (χ4v) is 4.88. The summed E-state index contributed by atoms with van der Waals surface area (Å²) in [7, 11) is 0. The Kier molecular flexibility index (Phi) is 1.47. The number of aliphatic hydroxyl groups is 1. The average Bonchev–Trinajstić information content (AvgIpc) is 2.69. The predicted octanol–water partition coefficient (Wildman–Crippen LogP) is 2.44. The third-order valence-corrected chi connectivity index (χ3v) is 5.76. The second-order valence-corrected chi connectivity index (χ2v) is 5.77. The minimum atomic E-state index is 0.00634. The minimum Gasteiger partial charge on any atom is -0.393 e. The number of rotatable bonds is 0. The molecule has 0 spiro atoms. The average molecular weight is 180 g/mol. The van der Waals surface area contributed by atoms with Gasteiger partial charge >= 0.3 is 0 Å². The van der Waals surface area contributed by atoms with Crippen LogP contribution < -0.4 is 0 Å². The highest BCUT2D eigenvalue weighted by atomic mass is 16.3. The summed E-state index contributed by atoms with van der Waals surface area (Å²) < 4.78 is 0. The summed E-state index contributed by atoms with van der Waals surface area (Å²) >= 11 is 0. The van der Waals surface area contributed by atoms with Crippen LogP contribution in [0.2, 0.25) is 0 Å². The maximum absolute atomic E-state index is 10.1. The van der Waals surface area contributed by atoms with E-state index in [4.69, 9.17) is 0 Å². The van der Waals surface area contributed by atoms with Crippen LogP contribution in [0.5, 0.6) is 0 Å². The Morgan fingerprint density at radius 3 is 2.77 bits per heavy atom. The van der Waals surface area contributed by atoms with Gasteiger partial charge in [0.05, 0.1) is 6.10 Å². The molecule has 1 heteroatoms. The van der Waals surface area contributed by atoms with Crippen molar-refractivity contribution in [2.75, 3.05) is 0 Å². The van der Waals surface area contributed by atoms with Crippen LogP contribution in [0.3, 0.4) is 0 Å². The summed E-state index contributed by atoms with van der Waals surface area (Å²) in [4.78, 5) is 0. The van der Waals surface area contributed by atoms with Gasteiger partial charge in [-0.25, -0.2) is 0 Å². The molecule has 0 aliphatic heterocycles. The second-order valence-electron chi connectivity index (χ2n) is 5.77. The first-order valence-corrected chi connectivity index (χ1v) is 5.83. The number of hydrogen-bond donors (Lipinski definition) is 1. The molecule has 0 aromatic heterocycles. The topological polar surface area (TPSA) is 20.2 Å². The van der Waals surface area contributed by atoms with Crippen molar-refractivity contribution in [3.63, 3.8) is 0 Å². The lowest BCUT2D eigenvalue weighted by molar-refractivity contribution is -0.0102. The Morgan fingerprint density at radius 2 is 2.00 bits per heavy atom. The van der Waals surface area contributed by atoms with Gasteiger partial charge in [-0.1, -0.05) is 20.3 Å². The molecule has 0 aromatic rings. The molecule has 3 aliphatic carbocycles. The Balaban J connectivity index is 2.03. The van der Waals surface area contributed by atoms with Crippen molar-refractivity contribution >= 4 is 0 Å². The molecule has 3 saturated carbocycles. The Hall–Kier alpha value is -0.0400. The highest BCUT2D eigenvalue weighted by Gasteiger charge is 2.64. The van der Waals surface area contributed by atoms with Gasteiger partial charge in [-0.05, 0) is 48.3 Å². The standard InChI is InChI=1S/C12H20O/c1-7-9-6-11(13)12(7,2)10-5-3-4-8(9)10/h7-11,13H,3-6H2,1-2H3. The van der Waals surface area contributed by atoms with Crippen molar-refractivity contribution in [2.24, 2.45) is 29.1 Å². The first-order chi connectivity index (χ1) is 6.15. The van der Waals surface area contributed by atoms with Gasteiger partial charge in [-0.3, -0.25) is 0 Å². The molecule has 0 aromatic carbocycles. The molecule has 0 amide bonds. The lowest BCUT2D eigenvalue weighted by Gasteiger charge is -2.38. The Bertz CT molecular complexity index is 235. The van der Waals surface area contributed by atoms with Crippen LogP contribution in [0.15, 0.2) is 0 Å². The lowest BCUT2D eigenvalue weighted by atomic mass is 9.70. The van der Waals surface area contributed by atoms with Gasteiger partial charge < -0.3 is 5.11 Å². The van der Waals surface area contributed by atoms with E-state index in [-0.39, 0.29) is 11.5 Å². The zero-order valence-electron chi connectivity index (χ0n) is 8.66. The monoisotopic (exact) mass is 180 g/mol. The summed E-state index contributed by atoms with van der Waals surface area (Å²) in [6, 6.07) is 0. The van der Waals surface area contributed by atoms with Gasteiger partial charge in [-0.2, -0.15) is 0 Å². The van der Waals surface area contributed by atoms with Crippen molar-refractivity contribution in [3.05, 3.63) is 0 Å². The lowest BCUT2D eigenvalue weighted by Crippen LogP contribution is -2.38. The molecule has 0 saturated heterocycles. The molecule has 0 heterocycles. The first-order valence-electron chi connectivity index (χ1n) is 5.83. The summed E-state index contributed by atoms with van der Waals surface area (Å²) in [5.41, 5.74) is 0.284. The maximum atomic E-state index is 10.1. The number of hydrogen-bond acceptors (Lipinski definition) is 1. The number of fused-ring (bicyclic) bond motifs is 5. The second kappa shape index (κ2) is 2.31. The highest BCUT2D eigenvalue weighted by Crippen LogP contribution is 2.68. The van der Waals surface area contributed by atoms with E-state index in [0.717, 1.165) is 30.1 Å². The third-order valence-electron chi connectivity index (χ3n) is 5.76. The SMILES string of the molecule is CC1C2CC(O)C1(C)C1CCCC21. The van der Waals surface area contributed by atoms with Crippen molar-refractivity contribution in [1.29, 1.82) is 0 Å².